The van der Waals surface area contributed by atoms with Crippen LogP contribution in [0.3, 0.4) is 0 Å². The van der Waals surface area contributed by atoms with Crippen molar-refractivity contribution in [2.45, 2.75) is 13.3 Å². The minimum atomic E-state index is -0.00579. The molecule has 0 aromatic heterocycles. The summed E-state index contributed by atoms with van der Waals surface area (Å²) in [4.78, 5) is 11.5. The van der Waals surface area contributed by atoms with Crippen LogP contribution in [0.5, 0.6) is 0 Å². The number of ketones is 1. The Morgan fingerprint density at radius 1 is 1.57 bits per heavy atom. The van der Waals surface area contributed by atoms with Crippen molar-refractivity contribution in [1.29, 1.82) is 0 Å². The Labute approximate surface area is 96.6 Å². The van der Waals surface area contributed by atoms with Crippen LogP contribution in [0.1, 0.15) is 23.7 Å². The van der Waals surface area contributed by atoms with E-state index in [4.69, 9.17) is 11.6 Å². The minimum absolute atomic E-state index is 0.00579. The van der Waals surface area contributed by atoms with E-state index in [-0.39, 0.29) is 12.2 Å². The maximum absolute atomic E-state index is 11.5. The Kier molecular flexibility index (Phi) is 4.19. The van der Waals surface area contributed by atoms with Crippen molar-refractivity contribution in [2.24, 2.45) is 0 Å². The van der Waals surface area contributed by atoms with Gasteiger partial charge in [-0.2, -0.15) is 0 Å². The maximum Gasteiger partial charge on any atom is 0.174 e. The van der Waals surface area contributed by atoms with Crippen LogP contribution in [0.15, 0.2) is 22.7 Å². The minimum Gasteiger partial charge on any atom is -0.293 e. The van der Waals surface area contributed by atoms with Crippen molar-refractivity contribution in [3.63, 3.8) is 0 Å². The molecule has 1 nitrogen and oxygen atoms in total. The molecule has 72 valence electrons. The van der Waals surface area contributed by atoms with Crippen LogP contribution in [-0.4, -0.2) is 5.78 Å². The summed E-state index contributed by atoms with van der Waals surface area (Å²) in [5.74, 6) is 5.40. The van der Waals surface area contributed by atoms with Crippen molar-refractivity contribution in [3.05, 3.63) is 33.3 Å². The summed E-state index contributed by atoms with van der Waals surface area (Å²) in [6.07, 6.45) is 0.245. The van der Waals surface area contributed by atoms with E-state index in [9.17, 15) is 4.79 Å². The van der Waals surface area contributed by atoms with Gasteiger partial charge in [0.1, 0.15) is 0 Å². The topological polar surface area (TPSA) is 17.1 Å². The summed E-state index contributed by atoms with van der Waals surface area (Å²) < 4.78 is 0.789. The van der Waals surface area contributed by atoms with Crippen molar-refractivity contribution < 1.29 is 4.79 Å². The zero-order valence-electron chi connectivity index (χ0n) is 7.60. The Hall–Kier alpha value is -0.780. The summed E-state index contributed by atoms with van der Waals surface area (Å²) >= 11 is 9.12. The Balaban J connectivity index is 2.89. The van der Waals surface area contributed by atoms with Crippen molar-refractivity contribution >= 4 is 33.3 Å². The highest BCUT2D eigenvalue weighted by atomic mass is 79.9. The number of carbonyl (C=O) groups excluding carboxylic acids is 1. The molecule has 0 saturated heterocycles. The van der Waals surface area contributed by atoms with Gasteiger partial charge in [0.2, 0.25) is 0 Å². The number of carbonyl (C=O) groups is 1. The second kappa shape index (κ2) is 5.19. The molecule has 0 radical (unpaired) electrons. The zero-order valence-corrected chi connectivity index (χ0v) is 9.95. The summed E-state index contributed by atoms with van der Waals surface area (Å²) in [5, 5.41) is 0.542. The van der Waals surface area contributed by atoms with E-state index >= 15 is 0 Å². The lowest BCUT2D eigenvalue weighted by Crippen LogP contribution is -1.96. The first-order valence-electron chi connectivity index (χ1n) is 4.03. The van der Waals surface area contributed by atoms with E-state index in [0.717, 1.165) is 4.47 Å². The van der Waals surface area contributed by atoms with E-state index in [1.165, 1.54) is 0 Å². The molecule has 1 aromatic rings. The molecule has 0 aliphatic rings. The van der Waals surface area contributed by atoms with Gasteiger partial charge in [0.15, 0.2) is 5.78 Å². The molecular weight excluding hydrogens is 263 g/mol. The van der Waals surface area contributed by atoms with Crippen LogP contribution in [-0.2, 0) is 0 Å². The number of hydrogen-bond acceptors (Lipinski definition) is 1. The van der Waals surface area contributed by atoms with Crippen molar-refractivity contribution in [1.82, 2.24) is 0 Å². The summed E-state index contributed by atoms with van der Waals surface area (Å²) in [6, 6.07) is 5.13. The Bertz CT molecular complexity index is 415. The number of hydrogen-bond donors (Lipinski definition) is 0. The standard InChI is InChI=1S/C11H8BrClO/c1-2-3-4-11(14)8-5-6-9(12)10(13)7-8/h5-7H,4H2,1H3. The van der Waals surface area contributed by atoms with Gasteiger partial charge in [-0.05, 0) is 35.0 Å². The molecule has 1 aromatic carbocycles. The first kappa shape index (κ1) is 11.3. The van der Waals surface area contributed by atoms with Gasteiger partial charge in [-0.15, -0.1) is 5.92 Å². The third-order valence-electron chi connectivity index (χ3n) is 1.67. The summed E-state index contributed by atoms with van der Waals surface area (Å²) in [5.41, 5.74) is 0.598. The fourth-order valence-corrected chi connectivity index (χ4v) is 1.37. The molecule has 14 heavy (non-hydrogen) atoms. The summed E-state index contributed by atoms with van der Waals surface area (Å²) in [7, 11) is 0. The fraction of sp³-hybridized carbons (Fsp3) is 0.182. The van der Waals surface area contributed by atoms with Crippen LogP contribution in [0.2, 0.25) is 5.02 Å². The van der Waals surface area contributed by atoms with Crippen LogP contribution in [0.4, 0.5) is 0 Å². The zero-order chi connectivity index (χ0) is 10.6. The van der Waals surface area contributed by atoms with Gasteiger partial charge in [0.05, 0.1) is 11.4 Å². The molecule has 0 atom stereocenters. The quantitative estimate of drug-likeness (QED) is 0.592. The molecule has 0 amide bonds. The smallest absolute Gasteiger partial charge is 0.174 e. The first-order chi connectivity index (χ1) is 6.65. The van der Waals surface area contributed by atoms with Gasteiger partial charge in [0, 0.05) is 10.0 Å². The van der Waals surface area contributed by atoms with Crippen LogP contribution in [0, 0.1) is 11.8 Å². The maximum atomic E-state index is 11.5. The first-order valence-corrected chi connectivity index (χ1v) is 5.20. The van der Waals surface area contributed by atoms with Gasteiger partial charge in [-0.3, -0.25) is 4.79 Å². The van der Waals surface area contributed by atoms with E-state index < -0.39 is 0 Å². The van der Waals surface area contributed by atoms with Crippen LogP contribution in [0.25, 0.3) is 0 Å². The van der Waals surface area contributed by atoms with Gasteiger partial charge < -0.3 is 0 Å². The molecule has 0 saturated carbocycles. The van der Waals surface area contributed by atoms with Gasteiger partial charge in [0.25, 0.3) is 0 Å². The molecule has 0 heterocycles. The highest BCUT2D eigenvalue weighted by Gasteiger charge is 2.05. The number of rotatable bonds is 2. The molecule has 0 unspecified atom stereocenters. The molecule has 0 fully saturated rings. The van der Waals surface area contributed by atoms with Crippen molar-refractivity contribution in [2.75, 3.05) is 0 Å². The lowest BCUT2D eigenvalue weighted by Gasteiger charge is -1.99. The second-order valence-electron chi connectivity index (χ2n) is 2.66. The summed E-state index contributed by atoms with van der Waals surface area (Å²) in [6.45, 7) is 1.71. The lowest BCUT2D eigenvalue weighted by molar-refractivity contribution is 0.0998. The molecule has 0 N–H and O–H groups in total. The van der Waals surface area contributed by atoms with Gasteiger partial charge in [-0.1, -0.05) is 23.6 Å². The predicted molar refractivity (Wildman–Crippen MR) is 61.5 cm³/mol. The average Bonchev–Trinajstić information content (AvgIpc) is 2.18. The Morgan fingerprint density at radius 3 is 2.86 bits per heavy atom. The molecular formula is C11H8BrClO. The fourth-order valence-electron chi connectivity index (χ4n) is 0.940. The lowest BCUT2D eigenvalue weighted by atomic mass is 10.1. The third kappa shape index (κ3) is 2.87. The van der Waals surface area contributed by atoms with Gasteiger partial charge in [-0.25, -0.2) is 0 Å². The third-order valence-corrected chi connectivity index (χ3v) is 2.90. The van der Waals surface area contributed by atoms with E-state index in [0.29, 0.717) is 10.6 Å². The molecule has 1 rings (SSSR count). The molecule has 0 aliphatic carbocycles. The predicted octanol–water partition coefficient (Wildman–Crippen LogP) is 3.70. The molecule has 0 aliphatic heterocycles. The Morgan fingerprint density at radius 2 is 2.29 bits per heavy atom. The normalized spacial score (nSPS) is 9.07. The van der Waals surface area contributed by atoms with Gasteiger partial charge >= 0.3 is 0 Å². The highest BCUT2D eigenvalue weighted by Crippen LogP contribution is 2.23. The van der Waals surface area contributed by atoms with Crippen LogP contribution < -0.4 is 0 Å². The SMILES string of the molecule is CC#CCC(=O)c1ccc(Br)c(Cl)c1. The van der Waals surface area contributed by atoms with Crippen molar-refractivity contribution in [3.8, 4) is 11.8 Å². The number of Topliss-reactive ketones (excluding diaryl/α,β-unsaturated/α-hetero) is 1. The molecule has 0 spiro atoms. The number of benzene rings is 1. The molecule has 0 bridgehead atoms. The van der Waals surface area contributed by atoms with Crippen LogP contribution >= 0.6 is 27.5 Å². The van der Waals surface area contributed by atoms with E-state index in [1.807, 2.05) is 0 Å². The second-order valence-corrected chi connectivity index (χ2v) is 3.92. The monoisotopic (exact) mass is 270 g/mol. The molecule has 3 heteroatoms. The van der Waals surface area contributed by atoms with E-state index in [2.05, 4.69) is 27.8 Å². The van der Waals surface area contributed by atoms with E-state index in [1.54, 1.807) is 25.1 Å². The largest absolute Gasteiger partial charge is 0.293 e. The highest BCUT2D eigenvalue weighted by molar-refractivity contribution is 9.10. The average molecular weight is 272 g/mol. The number of halogens is 2.